The van der Waals surface area contributed by atoms with Crippen LogP contribution in [-0.4, -0.2) is 38.1 Å². The highest BCUT2D eigenvalue weighted by Gasteiger charge is 2.16. The number of rotatable bonds is 18. The van der Waals surface area contributed by atoms with E-state index in [9.17, 15) is 9.59 Å². The first-order valence-corrected chi connectivity index (χ1v) is 11.7. The maximum atomic E-state index is 11.6. The molecule has 2 N–H and O–H groups in total. The van der Waals surface area contributed by atoms with E-state index >= 15 is 0 Å². The van der Waals surface area contributed by atoms with Gasteiger partial charge in [0.2, 0.25) is 11.8 Å². The van der Waals surface area contributed by atoms with Crippen LogP contribution in [0, 0.1) is 17.3 Å². The van der Waals surface area contributed by atoms with Gasteiger partial charge in [-0.15, -0.1) is 0 Å². The average Bonchev–Trinajstić information content (AvgIpc) is 2.58. The Hall–Kier alpha value is -1.10. The first-order chi connectivity index (χ1) is 13.6. The molecule has 5 heteroatoms. The summed E-state index contributed by atoms with van der Waals surface area (Å²) in [4.78, 5) is 23.1. The molecule has 0 unspecified atom stereocenters. The second-order valence-corrected chi connectivity index (χ2v) is 9.94. The van der Waals surface area contributed by atoms with Crippen LogP contribution >= 0.6 is 0 Å². The maximum Gasteiger partial charge on any atom is 0.220 e. The van der Waals surface area contributed by atoms with E-state index in [4.69, 9.17) is 4.74 Å². The van der Waals surface area contributed by atoms with Gasteiger partial charge >= 0.3 is 0 Å². The molecule has 5 nitrogen and oxygen atoms in total. The number of hydrogen-bond donors (Lipinski definition) is 2. The Labute approximate surface area is 180 Å². The summed E-state index contributed by atoms with van der Waals surface area (Å²) >= 11 is 0. The van der Waals surface area contributed by atoms with Crippen LogP contribution in [0.25, 0.3) is 0 Å². The third-order valence-electron chi connectivity index (χ3n) is 5.00. The van der Waals surface area contributed by atoms with Crippen molar-refractivity contribution in [1.29, 1.82) is 0 Å². The van der Waals surface area contributed by atoms with Crippen molar-refractivity contribution in [1.82, 2.24) is 10.6 Å². The van der Waals surface area contributed by atoms with Crippen molar-refractivity contribution in [2.45, 2.75) is 99.3 Å². The van der Waals surface area contributed by atoms with Crippen LogP contribution < -0.4 is 10.6 Å². The predicted molar refractivity (Wildman–Crippen MR) is 122 cm³/mol. The molecule has 0 atom stereocenters. The predicted octanol–water partition coefficient (Wildman–Crippen LogP) is 5.08. The molecule has 172 valence electrons. The minimum absolute atomic E-state index is 0.115. The summed E-state index contributed by atoms with van der Waals surface area (Å²) in [5.74, 6) is 1.12. The molecule has 29 heavy (non-hydrogen) atoms. The molecule has 0 bridgehead atoms. The molecule has 2 amide bonds. The highest BCUT2D eigenvalue weighted by atomic mass is 16.5. The molecule has 0 aliphatic heterocycles. The van der Waals surface area contributed by atoms with Crippen molar-refractivity contribution < 1.29 is 14.3 Å². The minimum atomic E-state index is 0.115. The Kier molecular flexibility index (Phi) is 16.0. The number of carbonyl (C=O) groups is 2. The summed E-state index contributed by atoms with van der Waals surface area (Å²) in [6, 6.07) is 0. The lowest BCUT2D eigenvalue weighted by molar-refractivity contribution is -0.122. The first-order valence-electron chi connectivity index (χ1n) is 11.7. The fourth-order valence-electron chi connectivity index (χ4n) is 3.32. The molecule has 0 saturated carbocycles. The van der Waals surface area contributed by atoms with E-state index in [2.05, 4.69) is 38.3 Å². The van der Waals surface area contributed by atoms with Crippen molar-refractivity contribution in [3.8, 4) is 0 Å². The van der Waals surface area contributed by atoms with Gasteiger partial charge in [0.15, 0.2) is 0 Å². The highest BCUT2D eigenvalue weighted by Crippen LogP contribution is 2.29. The van der Waals surface area contributed by atoms with Gasteiger partial charge in [-0.1, -0.05) is 60.8 Å². The molecule has 0 aliphatic carbocycles. The van der Waals surface area contributed by atoms with Crippen LogP contribution in [0.5, 0.6) is 0 Å². The molecule has 0 aromatic rings. The van der Waals surface area contributed by atoms with Gasteiger partial charge in [0.05, 0.1) is 6.61 Å². The number of carbonyl (C=O) groups excluding carboxylic acids is 2. The quantitative estimate of drug-likeness (QED) is 0.308. The van der Waals surface area contributed by atoms with Gasteiger partial charge in [0.1, 0.15) is 0 Å². The molecular weight excluding hydrogens is 364 g/mol. The summed E-state index contributed by atoms with van der Waals surface area (Å²) in [5, 5.41) is 5.91. The minimum Gasteiger partial charge on any atom is -0.380 e. The fraction of sp³-hybridized carbons (Fsp3) is 0.917. The summed E-state index contributed by atoms with van der Waals surface area (Å²) in [6.45, 7) is 15.7. The highest BCUT2D eigenvalue weighted by molar-refractivity contribution is 5.76. The van der Waals surface area contributed by atoms with Crippen LogP contribution in [0.2, 0.25) is 0 Å². The summed E-state index contributed by atoms with van der Waals surface area (Å²) in [5.41, 5.74) is 0.365. The SMILES string of the molecule is CC(C)CC(=O)NCCCCC(C)(C)CCCCCOCCNC(=O)CC(C)C. The maximum absolute atomic E-state index is 11.6. The standard InChI is InChI=1S/C24H48N2O3/c1-20(2)18-22(27)25-14-10-9-13-24(5,6)12-8-7-11-16-29-17-15-26-23(28)19-21(3)4/h20-21H,7-19H2,1-6H3,(H,25,27)(H,26,28). The molecule has 0 fully saturated rings. The lowest BCUT2D eigenvalue weighted by atomic mass is 9.82. The van der Waals surface area contributed by atoms with Crippen LogP contribution in [0.4, 0.5) is 0 Å². The number of unbranched alkanes of at least 4 members (excludes halogenated alkanes) is 3. The number of amides is 2. The topological polar surface area (TPSA) is 67.4 Å². The zero-order valence-electron chi connectivity index (χ0n) is 20.1. The third-order valence-corrected chi connectivity index (χ3v) is 5.00. The Morgan fingerprint density at radius 2 is 1.24 bits per heavy atom. The molecule has 0 spiro atoms. The van der Waals surface area contributed by atoms with Crippen molar-refractivity contribution in [2.24, 2.45) is 17.3 Å². The molecule has 0 heterocycles. The lowest BCUT2D eigenvalue weighted by Crippen LogP contribution is -2.28. The van der Waals surface area contributed by atoms with Gasteiger partial charge < -0.3 is 15.4 Å². The molecule has 0 rings (SSSR count). The molecular formula is C24H48N2O3. The van der Waals surface area contributed by atoms with E-state index in [0.29, 0.717) is 43.2 Å². The average molecular weight is 413 g/mol. The van der Waals surface area contributed by atoms with Crippen LogP contribution in [0.1, 0.15) is 99.3 Å². The molecule has 0 aromatic heterocycles. The van der Waals surface area contributed by atoms with Crippen molar-refractivity contribution in [3.63, 3.8) is 0 Å². The fourth-order valence-corrected chi connectivity index (χ4v) is 3.32. The van der Waals surface area contributed by atoms with Gasteiger partial charge in [0.25, 0.3) is 0 Å². The molecule has 0 aromatic carbocycles. The van der Waals surface area contributed by atoms with Gasteiger partial charge in [-0.3, -0.25) is 9.59 Å². The summed E-state index contributed by atoms with van der Waals surface area (Å²) in [6.07, 6.45) is 9.39. The number of nitrogens with one attached hydrogen (secondary N) is 2. The zero-order valence-corrected chi connectivity index (χ0v) is 20.1. The van der Waals surface area contributed by atoms with Gasteiger partial charge in [0, 0.05) is 32.5 Å². The second-order valence-electron chi connectivity index (χ2n) is 9.94. The largest absolute Gasteiger partial charge is 0.380 e. The van der Waals surface area contributed by atoms with E-state index in [0.717, 1.165) is 26.0 Å². The van der Waals surface area contributed by atoms with Crippen molar-refractivity contribution in [3.05, 3.63) is 0 Å². The van der Waals surface area contributed by atoms with Gasteiger partial charge in [-0.2, -0.15) is 0 Å². The van der Waals surface area contributed by atoms with E-state index in [1.165, 1.54) is 32.1 Å². The smallest absolute Gasteiger partial charge is 0.220 e. The first kappa shape index (κ1) is 27.9. The van der Waals surface area contributed by atoms with Gasteiger partial charge in [-0.25, -0.2) is 0 Å². The zero-order chi connectivity index (χ0) is 22.1. The van der Waals surface area contributed by atoms with E-state index < -0.39 is 0 Å². The Morgan fingerprint density at radius 1 is 0.724 bits per heavy atom. The van der Waals surface area contributed by atoms with E-state index in [1.54, 1.807) is 0 Å². The third kappa shape index (κ3) is 20.0. The molecule has 0 saturated heterocycles. The normalized spacial score (nSPS) is 11.9. The second kappa shape index (κ2) is 16.7. The Balaban J connectivity index is 3.52. The molecule has 0 radical (unpaired) electrons. The number of hydrogen-bond acceptors (Lipinski definition) is 3. The molecule has 0 aliphatic rings. The lowest BCUT2D eigenvalue weighted by Gasteiger charge is -2.24. The van der Waals surface area contributed by atoms with E-state index in [-0.39, 0.29) is 11.8 Å². The Bertz CT molecular complexity index is 434. The number of ether oxygens (including phenoxy) is 1. The van der Waals surface area contributed by atoms with Crippen LogP contribution in [0.15, 0.2) is 0 Å². The summed E-state index contributed by atoms with van der Waals surface area (Å²) < 4.78 is 5.61. The van der Waals surface area contributed by atoms with Crippen molar-refractivity contribution >= 4 is 11.8 Å². The Morgan fingerprint density at radius 3 is 1.79 bits per heavy atom. The van der Waals surface area contributed by atoms with E-state index in [1.807, 2.05) is 13.8 Å². The van der Waals surface area contributed by atoms with Crippen LogP contribution in [0.3, 0.4) is 0 Å². The van der Waals surface area contributed by atoms with Crippen molar-refractivity contribution in [2.75, 3.05) is 26.3 Å². The van der Waals surface area contributed by atoms with Crippen LogP contribution in [-0.2, 0) is 14.3 Å². The monoisotopic (exact) mass is 412 g/mol. The summed E-state index contributed by atoms with van der Waals surface area (Å²) in [7, 11) is 0. The van der Waals surface area contributed by atoms with Gasteiger partial charge in [-0.05, 0) is 42.9 Å².